The third-order valence-corrected chi connectivity index (χ3v) is 8.26. The molecule has 252 valence electrons. The summed E-state index contributed by atoms with van der Waals surface area (Å²) in [6.45, 7) is 10.9. The molecule has 0 aliphatic heterocycles. The van der Waals surface area contributed by atoms with Gasteiger partial charge < -0.3 is 66.4 Å². The van der Waals surface area contributed by atoms with Gasteiger partial charge in [-0.05, 0) is 56.8 Å². The predicted octanol–water partition coefficient (Wildman–Crippen LogP) is 3.27. The van der Waals surface area contributed by atoms with Gasteiger partial charge in [0, 0.05) is 19.8 Å². The van der Waals surface area contributed by atoms with Gasteiger partial charge in [-0.3, -0.25) is 0 Å². The molecule has 0 aromatic heterocycles. The normalized spacial score (nSPS) is 12.3. The Labute approximate surface area is 294 Å². The number of nitrogens with zero attached hydrogens (tertiary/aromatic N) is 2. The highest BCUT2D eigenvalue weighted by Crippen LogP contribution is 2.37. The second-order valence-electron chi connectivity index (χ2n) is 14.7. The average Bonchev–Trinajstić information content (AvgIpc) is 2.84. The maximum atomic E-state index is 6.52. The molecule has 0 fully saturated rings. The Hall–Kier alpha value is 1.30. The third kappa shape index (κ3) is 34.0. The SMILES string of the molecule is CCCCCCCCCCOCC(CCCCCCOCCCCC)(CCC[N+](C)(C)C)CCC[N+](C)(C)C.[I-].[I-]. The fraction of sp³-hybridized carbons (Fsp3) is 1.00. The van der Waals surface area contributed by atoms with Gasteiger partial charge in [0.1, 0.15) is 0 Å². The van der Waals surface area contributed by atoms with Gasteiger partial charge in [0.2, 0.25) is 0 Å². The lowest BCUT2D eigenvalue weighted by molar-refractivity contribution is -0.871. The van der Waals surface area contributed by atoms with E-state index in [1.807, 2.05) is 0 Å². The summed E-state index contributed by atoms with van der Waals surface area (Å²) in [6, 6.07) is 0. The second kappa shape index (κ2) is 30.0. The minimum atomic E-state index is 0. The summed E-state index contributed by atoms with van der Waals surface area (Å²) in [7, 11) is 14.0. The van der Waals surface area contributed by atoms with Crippen molar-refractivity contribution in [2.75, 3.05) is 81.8 Å². The Kier molecular flexibility index (Phi) is 34.2. The highest BCUT2D eigenvalue weighted by molar-refractivity contribution is 4.80. The first-order valence-electron chi connectivity index (χ1n) is 17.3. The maximum absolute atomic E-state index is 6.52. The van der Waals surface area contributed by atoms with Gasteiger partial charge in [-0.1, -0.05) is 90.9 Å². The topological polar surface area (TPSA) is 18.5 Å². The average molecular weight is 811 g/mol. The van der Waals surface area contributed by atoms with Gasteiger partial charge in [0.15, 0.2) is 0 Å². The van der Waals surface area contributed by atoms with Crippen LogP contribution in [0.5, 0.6) is 0 Å². The first-order valence-corrected chi connectivity index (χ1v) is 17.3. The molecule has 0 heterocycles. The van der Waals surface area contributed by atoms with Gasteiger partial charge in [-0.2, -0.15) is 0 Å². The summed E-state index contributed by atoms with van der Waals surface area (Å²) in [5.74, 6) is 0. The predicted molar refractivity (Wildman–Crippen MR) is 174 cm³/mol. The van der Waals surface area contributed by atoms with Crippen molar-refractivity contribution < 1.29 is 66.4 Å². The van der Waals surface area contributed by atoms with E-state index >= 15 is 0 Å². The number of hydrogen-bond donors (Lipinski definition) is 0. The van der Waals surface area contributed by atoms with Crippen LogP contribution in [-0.2, 0) is 9.47 Å². The Morgan fingerprint density at radius 1 is 0.415 bits per heavy atom. The Morgan fingerprint density at radius 2 is 0.756 bits per heavy atom. The number of ether oxygens (including phenoxy) is 2. The standard InChI is InChI=1S/C35H76N2O2.2HI/c1-9-11-13-14-15-16-18-23-33-39-34-35(27-24-29-36(3,4)5,28-25-30-37(6,7)8)26-20-17-19-22-32-38-31-21-12-10-2;;/h9-34H2,1-8H3;2*1H/q+2;;/p-2. The Bertz CT molecular complexity index is 475. The van der Waals surface area contributed by atoms with Crippen molar-refractivity contribution in [1.29, 1.82) is 0 Å². The van der Waals surface area contributed by atoms with Gasteiger partial charge in [0.25, 0.3) is 0 Å². The fourth-order valence-electron chi connectivity index (χ4n) is 5.69. The van der Waals surface area contributed by atoms with Crippen molar-refractivity contribution in [2.45, 2.75) is 142 Å². The highest BCUT2D eigenvalue weighted by Gasteiger charge is 2.31. The van der Waals surface area contributed by atoms with Crippen molar-refractivity contribution in [3.8, 4) is 0 Å². The molecule has 41 heavy (non-hydrogen) atoms. The monoisotopic (exact) mass is 810 g/mol. The van der Waals surface area contributed by atoms with Crippen molar-refractivity contribution in [3.63, 3.8) is 0 Å². The van der Waals surface area contributed by atoms with E-state index in [2.05, 4.69) is 56.1 Å². The molecule has 4 nitrogen and oxygen atoms in total. The van der Waals surface area contributed by atoms with E-state index in [4.69, 9.17) is 9.47 Å². The van der Waals surface area contributed by atoms with Crippen LogP contribution in [0.3, 0.4) is 0 Å². The molecule has 0 N–H and O–H groups in total. The molecule has 0 bridgehead atoms. The van der Waals surface area contributed by atoms with E-state index in [9.17, 15) is 0 Å². The lowest BCUT2D eigenvalue weighted by Gasteiger charge is -2.36. The van der Waals surface area contributed by atoms with Crippen LogP contribution in [0.1, 0.15) is 142 Å². The number of rotatable bonds is 30. The van der Waals surface area contributed by atoms with Crippen LogP contribution < -0.4 is 48.0 Å². The summed E-state index contributed by atoms with van der Waals surface area (Å²) in [5.41, 5.74) is 0.348. The Balaban J connectivity index is -0.00000722. The third-order valence-electron chi connectivity index (χ3n) is 8.26. The Morgan fingerprint density at radius 3 is 1.22 bits per heavy atom. The quantitative estimate of drug-likeness (QED) is 0.0631. The first kappa shape index (κ1) is 46.7. The molecule has 0 aliphatic rings. The summed E-state index contributed by atoms with van der Waals surface area (Å²) in [4.78, 5) is 0. The lowest BCUT2D eigenvalue weighted by Crippen LogP contribution is -3.00. The van der Waals surface area contributed by atoms with E-state index in [0.717, 1.165) is 35.4 Å². The first-order chi connectivity index (χ1) is 18.5. The zero-order valence-corrected chi connectivity index (χ0v) is 33.7. The maximum Gasteiger partial charge on any atom is 0.0780 e. The van der Waals surface area contributed by atoms with Gasteiger partial charge in [0.05, 0.1) is 62.0 Å². The molecule has 0 aromatic rings. The zero-order valence-electron chi connectivity index (χ0n) is 29.4. The molecular formula is C35H76I2N2O2. The van der Waals surface area contributed by atoms with Crippen LogP contribution in [0.25, 0.3) is 0 Å². The number of unbranched alkanes of at least 4 members (excludes halogenated alkanes) is 12. The molecule has 6 heteroatoms. The number of hydrogen-bond acceptors (Lipinski definition) is 2. The van der Waals surface area contributed by atoms with E-state index in [1.54, 1.807) is 0 Å². The minimum Gasteiger partial charge on any atom is -1.00 e. The molecule has 0 amide bonds. The molecule has 0 saturated carbocycles. The molecular weight excluding hydrogens is 734 g/mol. The molecule has 0 spiro atoms. The molecule has 0 rings (SSSR count). The van der Waals surface area contributed by atoms with E-state index in [-0.39, 0.29) is 48.0 Å². The number of halogens is 2. The highest BCUT2D eigenvalue weighted by atomic mass is 127. The summed E-state index contributed by atoms with van der Waals surface area (Å²) >= 11 is 0. The van der Waals surface area contributed by atoms with Crippen LogP contribution >= 0.6 is 0 Å². The van der Waals surface area contributed by atoms with Crippen LogP contribution in [0, 0.1) is 5.41 Å². The van der Waals surface area contributed by atoms with Gasteiger partial charge >= 0.3 is 0 Å². The summed E-state index contributed by atoms with van der Waals surface area (Å²) < 4.78 is 14.5. The van der Waals surface area contributed by atoms with E-state index in [1.165, 1.54) is 142 Å². The molecule has 0 atom stereocenters. The molecule has 0 unspecified atom stereocenters. The van der Waals surface area contributed by atoms with Crippen molar-refractivity contribution in [1.82, 2.24) is 0 Å². The second-order valence-corrected chi connectivity index (χ2v) is 14.7. The van der Waals surface area contributed by atoms with Crippen molar-refractivity contribution >= 4 is 0 Å². The van der Waals surface area contributed by atoms with Crippen LogP contribution in [0.2, 0.25) is 0 Å². The molecule has 0 aliphatic carbocycles. The van der Waals surface area contributed by atoms with Gasteiger partial charge in [-0.25, -0.2) is 0 Å². The van der Waals surface area contributed by atoms with Crippen LogP contribution in [-0.4, -0.2) is 90.8 Å². The van der Waals surface area contributed by atoms with Gasteiger partial charge in [-0.15, -0.1) is 0 Å². The van der Waals surface area contributed by atoms with E-state index < -0.39 is 0 Å². The lowest BCUT2D eigenvalue weighted by atomic mass is 9.75. The largest absolute Gasteiger partial charge is 1.00 e. The fourth-order valence-corrected chi connectivity index (χ4v) is 5.69. The van der Waals surface area contributed by atoms with Crippen LogP contribution in [0.15, 0.2) is 0 Å². The molecule has 0 aromatic carbocycles. The zero-order chi connectivity index (χ0) is 29.3. The summed E-state index contributed by atoms with van der Waals surface area (Å²) in [6.07, 6.45) is 26.5. The number of quaternary nitrogens is 2. The van der Waals surface area contributed by atoms with Crippen LogP contribution in [0.4, 0.5) is 0 Å². The molecule has 0 saturated heterocycles. The summed E-state index contributed by atoms with van der Waals surface area (Å²) in [5, 5.41) is 0. The smallest absolute Gasteiger partial charge is 0.0780 e. The van der Waals surface area contributed by atoms with Crippen molar-refractivity contribution in [3.05, 3.63) is 0 Å². The molecule has 0 radical (unpaired) electrons. The van der Waals surface area contributed by atoms with Crippen molar-refractivity contribution in [2.24, 2.45) is 5.41 Å². The minimum absolute atomic E-state index is 0. The van der Waals surface area contributed by atoms with E-state index in [0.29, 0.717) is 5.41 Å².